The summed E-state index contributed by atoms with van der Waals surface area (Å²) in [4.78, 5) is 34.5. The summed E-state index contributed by atoms with van der Waals surface area (Å²) in [6.45, 7) is 8.90. The van der Waals surface area contributed by atoms with Crippen LogP contribution in [0.3, 0.4) is 0 Å². The zero-order chi connectivity index (χ0) is 27.7. The Morgan fingerprint density at radius 1 is 1.13 bits per heavy atom. The number of H-pyrrole nitrogens is 1. The number of aromatic amines is 1. The number of nitrogens with zero attached hydrogens (tertiary/aromatic N) is 2. The Morgan fingerprint density at radius 2 is 1.85 bits per heavy atom. The number of benzene rings is 1. The second kappa shape index (κ2) is 12.1. The van der Waals surface area contributed by atoms with Crippen molar-refractivity contribution in [2.45, 2.75) is 63.1 Å². The monoisotopic (exact) mass is 574 g/mol. The van der Waals surface area contributed by atoms with Gasteiger partial charge >= 0.3 is 0 Å². The van der Waals surface area contributed by atoms with E-state index in [1.807, 2.05) is 26.2 Å². The molecule has 1 amide bonds. The van der Waals surface area contributed by atoms with Gasteiger partial charge < -0.3 is 24.7 Å². The average molecular weight is 575 g/mol. The molecule has 0 bridgehead atoms. The summed E-state index contributed by atoms with van der Waals surface area (Å²) in [7, 11) is 2.20. The molecule has 2 N–H and O–H groups in total. The van der Waals surface area contributed by atoms with Crippen molar-refractivity contribution in [2.75, 3.05) is 46.1 Å². The Morgan fingerprint density at radius 3 is 2.54 bits per heavy atom. The number of aryl methyl sites for hydroxylation is 1. The van der Waals surface area contributed by atoms with Gasteiger partial charge in [0.15, 0.2) is 11.5 Å². The predicted molar refractivity (Wildman–Crippen MR) is 156 cm³/mol. The van der Waals surface area contributed by atoms with Crippen LogP contribution in [-0.2, 0) is 6.54 Å². The third kappa shape index (κ3) is 6.11. The fourth-order valence-corrected chi connectivity index (χ4v) is 7.08. The van der Waals surface area contributed by atoms with Crippen LogP contribution in [0.15, 0.2) is 21.8 Å². The SMILES string of the molecule is CSc1cc(C)[nH]c(=O)c1CNC(=O)c1cc(Cl)c2c(c1C)O[C@@H](C1CCC(N3CCN(C)CC3)CC1)CO2. The maximum Gasteiger partial charge on any atom is 0.254 e. The number of hydrogen-bond donors (Lipinski definition) is 2. The maximum atomic E-state index is 13.3. The van der Waals surface area contributed by atoms with E-state index < -0.39 is 0 Å². The Bertz CT molecular complexity index is 1270. The highest BCUT2D eigenvalue weighted by molar-refractivity contribution is 7.98. The van der Waals surface area contributed by atoms with Gasteiger partial charge in [-0.1, -0.05) is 11.6 Å². The molecule has 39 heavy (non-hydrogen) atoms. The molecule has 2 aliphatic heterocycles. The zero-order valence-corrected chi connectivity index (χ0v) is 24.8. The summed E-state index contributed by atoms with van der Waals surface area (Å²) in [6, 6.07) is 4.20. The van der Waals surface area contributed by atoms with E-state index in [0.29, 0.717) is 51.8 Å². The van der Waals surface area contributed by atoms with E-state index in [2.05, 4.69) is 27.1 Å². The summed E-state index contributed by atoms with van der Waals surface area (Å²) in [6.07, 6.45) is 6.43. The first-order valence-electron chi connectivity index (χ1n) is 13.8. The number of fused-ring (bicyclic) bond motifs is 1. The number of amides is 1. The number of likely N-dealkylation sites (N-methyl/N-ethyl adjacent to an activating group) is 1. The summed E-state index contributed by atoms with van der Waals surface area (Å²) in [5, 5.41) is 3.26. The maximum absolute atomic E-state index is 13.3. The van der Waals surface area contributed by atoms with Crippen LogP contribution in [0.25, 0.3) is 0 Å². The third-order valence-electron chi connectivity index (χ3n) is 8.54. The fraction of sp³-hybridized carbons (Fsp3) is 0.586. The topological polar surface area (TPSA) is 86.9 Å². The summed E-state index contributed by atoms with van der Waals surface area (Å²) >= 11 is 8.05. The second-order valence-corrected chi connectivity index (χ2v) is 12.3. The van der Waals surface area contributed by atoms with Gasteiger partial charge in [-0.2, -0.15) is 0 Å². The van der Waals surface area contributed by atoms with Crippen LogP contribution in [0.5, 0.6) is 11.5 Å². The van der Waals surface area contributed by atoms with Gasteiger partial charge in [-0.05, 0) is 70.9 Å². The molecule has 1 saturated carbocycles. The molecular weight excluding hydrogens is 536 g/mol. The van der Waals surface area contributed by atoms with Crippen molar-refractivity contribution in [3.05, 3.63) is 49.9 Å². The Balaban J connectivity index is 1.25. The van der Waals surface area contributed by atoms with Gasteiger partial charge in [-0.3, -0.25) is 14.5 Å². The second-order valence-electron chi connectivity index (χ2n) is 11.1. The molecule has 0 spiro atoms. The smallest absolute Gasteiger partial charge is 0.254 e. The Hall–Kier alpha value is -2.20. The van der Waals surface area contributed by atoms with Crippen LogP contribution in [0.4, 0.5) is 0 Å². The van der Waals surface area contributed by atoms with Crippen molar-refractivity contribution >= 4 is 29.3 Å². The number of halogens is 1. The predicted octanol–water partition coefficient (Wildman–Crippen LogP) is 4.24. The van der Waals surface area contributed by atoms with Gasteiger partial charge in [0.2, 0.25) is 0 Å². The molecule has 3 heterocycles. The fourth-order valence-electron chi connectivity index (χ4n) is 6.12. The molecule has 0 unspecified atom stereocenters. The van der Waals surface area contributed by atoms with Crippen molar-refractivity contribution in [1.82, 2.24) is 20.1 Å². The van der Waals surface area contributed by atoms with Crippen molar-refractivity contribution in [2.24, 2.45) is 5.92 Å². The number of carbonyl (C=O) groups excluding carboxylic acids is 1. The number of carbonyl (C=O) groups is 1. The molecule has 2 fully saturated rings. The minimum atomic E-state index is -0.303. The van der Waals surface area contributed by atoms with Crippen LogP contribution < -0.4 is 20.3 Å². The highest BCUT2D eigenvalue weighted by Crippen LogP contribution is 2.45. The lowest BCUT2D eigenvalue weighted by Gasteiger charge is -2.43. The molecule has 212 valence electrons. The molecule has 0 radical (unpaired) electrons. The van der Waals surface area contributed by atoms with Gasteiger partial charge in [-0.25, -0.2) is 0 Å². The lowest BCUT2D eigenvalue weighted by molar-refractivity contribution is 0.0135. The van der Waals surface area contributed by atoms with E-state index in [1.165, 1.54) is 24.6 Å². The van der Waals surface area contributed by atoms with E-state index >= 15 is 0 Å². The highest BCUT2D eigenvalue weighted by Gasteiger charge is 2.36. The molecule has 5 rings (SSSR count). The molecule has 8 nitrogen and oxygen atoms in total. The van der Waals surface area contributed by atoms with Crippen molar-refractivity contribution in [3.8, 4) is 11.5 Å². The summed E-state index contributed by atoms with van der Waals surface area (Å²) in [5.74, 6) is 1.18. The Kier molecular flexibility index (Phi) is 8.81. The van der Waals surface area contributed by atoms with Crippen LogP contribution in [0, 0.1) is 19.8 Å². The van der Waals surface area contributed by atoms with Gasteiger partial charge in [0.05, 0.1) is 5.02 Å². The number of nitrogens with one attached hydrogen (secondary N) is 2. The number of aromatic nitrogens is 1. The average Bonchev–Trinajstić information content (AvgIpc) is 2.94. The Labute approximate surface area is 239 Å². The van der Waals surface area contributed by atoms with Crippen molar-refractivity contribution < 1.29 is 14.3 Å². The zero-order valence-electron chi connectivity index (χ0n) is 23.3. The van der Waals surface area contributed by atoms with E-state index in [0.717, 1.165) is 49.6 Å². The third-order valence-corrected chi connectivity index (χ3v) is 9.63. The molecule has 3 aliphatic rings. The van der Waals surface area contributed by atoms with E-state index in [4.69, 9.17) is 21.1 Å². The minimum Gasteiger partial charge on any atom is -0.484 e. The van der Waals surface area contributed by atoms with E-state index in [-0.39, 0.29) is 24.1 Å². The van der Waals surface area contributed by atoms with Crippen molar-refractivity contribution in [1.29, 1.82) is 0 Å². The number of rotatable bonds is 6. The van der Waals surface area contributed by atoms with Gasteiger partial charge in [0.1, 0.15) is 12.7 Å². The molecule has 10 heteroatoms. The molecule has 1 saturated heterocycles. The van der Waals surface area contributed by atoms with Gasteiger partial charge in [-0.15, -0.1) is 11.8 Å². The van der Waals surface area contributed by atoms with Crippen LogP contribution in [0.1, 0.15) is 52.9 Å². The van der Waals surface area contributed by atoms with Crippen LogP contribution in [0.2, 0.25) is 5.02 Å². The van der Waals surface area contributed by atoms with Gasteiger partial charge in [0.25, 0.3) is 11.5 Å². The molecule has 2 aromatic rings. The summed E-state index contributed by atoms with van der Waals surface area (Å²) in [5.41, 5.74) is 2.26. The minimum absolute atomic E-state index is 0.0609. The molecule has 1 aromatic heterocycles. The largest absolute Gasteiger partial charge is 0.484 e. The first-order valence-corrected chi connectivity index (χ1v) is 15.5. The van der Waals surface area contributed by atoms with E-state index in [1.54, 1.807) is 6.07 Å². The standard InChI is InChI=1S/C29H39ClN4O4S/c1-17-13-25(39-4)22(29(36)32-17)15-31-28(35)21-14-23(30)27-26(18(21)2)38-24(16-37-27)19-5-7-20(8-6-19)34-11-9-33(3)10-12-34/h13-14,19-20,24H,5-12,15-16H2,1-4H3,(H,31,35)(H,32,36)/t19?,20?,24-/m1/s1. The van der Waals surface area contributed by atoms with E-state index in [9.17, 15) is 9.59 Å². The molecule has 1 aromatic carbocycles. The quantitative estimate of drug-likeness (QED) is 0.499. The van der Waals surface area contributed by atoms with Crippen LogP contribution in [-0.4, -0.2) is 78.9 Å². The number of piperazine rings is 1. The number of thioether (sulfide) groups is 1. The summed E-state index contributed by atoms with van der Waals surface area (Å²) < 4.78 is 12.7. The normalized spacial score (nSPS) is 24.0. The first-order chi connectivity index (χ1) is 18.7. The molecule has 1 aliphatic carbocycles. The highest BCUT2D eigenvalue weighted by atomic mass is 35.5. The number of pyridine rings is 1. The van der Waals surface area contributed by atoms with Crippen LogP contribution >= 0.6 is 23.4 Å². The number of hydrogen-bond acceptors (Lipinski definition) is 7. The lowest BCUT2D eigenvalue weighted by Crippen LogP contribution is -2.50. The molecular formula is C29H39ClN4O4S. The first kappa shape index (κ1) is 28.3. The van der Waals surface area contributed by atoms with Crippen molar-refractivity contribution in [3.63, 3.8) is 0 Å². The molecule has 1 atom stereocenters. The van der Waals surface area contributed by atoms with Gasteiger partial charge in [0, 0.05) is 66.0 Å². The number of ether oxygens (including phenoxy) is 2. The lowest BCUT2D eigenvalue weighted by atomic mass is 9.81.